The zero-order valence-corrected chi connectivity index (χ0v) is 10.6. The van der Waals surface area contributed by atoms with Crippen LogP contribution in [0.15, 0.2) is 24.3 Å². The van der Waals surface area contributed by atoms with E-state index in [2.05, 4.69) is 46.1 Å². The van der Waals surface area contributed by atoms with Crippen molar-refractivity contribution in [3.8, 4) is 6.07 Å². The highest BCUT2D eigenvalue weighted by molar-refractivity contribution is 14.1. The van der Waals surface area contributed by atoms with Gasteiger partial charge in [-0.15, -0.1) is 0 Å². The van der Waals surface area contributed by atoms with Gasteiger partial charge >= 0.3 is 0 Å². The highest BCUT2D eigenvalue weighted by Gasteiger charge is 2.27. The number of rotatable bonds is 2. The fraction of sp³-hybridized carbons (Fsp3) is 0.417. The zero-order chi connectivity index (χ0) is 10.7. The smallest absolute Gasteiger partial charge is 0.0677 e. The Labute approximate surface area is 104 Å². The van der Waals surface area contributed by atoms with E-state index in [1.807, 2.05) is 12.1 Å². The zero-order valence-electron chi connectivity index (χ0n) is 8.41. The lowest BCUT2D eigenvalue weighted by Crippen LogP contribution is -2.23. The summed E-state index contributed by atoms with van der Waals surface area (Å²) in [6.07, 6.45) is 3.32. The minimum Gasteiger partial charge on any atom is -0.380 e. The summed E-state index contributed by atoms with van der Waals surface area (Å²) >= 11 is 2.32. The van der Waals surface area contributed by atoms with Crippen molar-refractivity contribution in [1.82, 2.24) is 0 Å². The molecule has 1 aliphatic rings. The Morgan fingerprint density at radius 2 is 2.13 bits per heavy atom. The molecule has 1 aromatic carbocycles. The average Bonchev–Trinajstić information content (AvgIpc) is 2.69. The molecule has 2 nitrogen and oxygen atoms in total. The van der Waals surface area contributed by atoms with Gasteiger partial charge in [-0.05, 0) is 54.0 Å². The van der Waals surface area contributed by atoms with Gasteiger partial charge in [-0.25, -0.2) is 0 Å². The van der Waals surface area contributed by atoms with Crippen LogP contribution in [0.25, 0.3) is 0 Å². The van der Waals surface area contributed by atoms with Crippen LogP contribution in [-0.4, -0.2) is 6.04 Å². The van der Waals surface area contributed by atoms with E-state index in [9.17, 15) is 0 Å². The van der Waals surface area contributed by atoms with Crippen LogP contribution in [0, 0.1) is 20.8 Å². The van der Waals surface area contributed by atoms with E-state index in [0.717, 1.165) is 18.5 Å². The number of anilines is 1. The van der Waals surface area contributed by atoms with Gasteiger partial charge in [0.05, 0.1) is 12.0 Å². The van der Waals surface area contributed by atoms with Crippen molar-refractivity contribution in [3.63, 3.8) is 0 Å². The first-order chi connectivity index (χ1) is 7.31. The normalized spacial score (nSPS) is 24.8. The lowest BCUT2D eigenvalue weighted by atomic mass is 10.1. The van der Waals surface area contributed by atoms with E-state index in [1.165, 1.54) is 9.99 Å². The molecule has 0 spiro atoms. The number of nitrogens with zero attached hydrogens (tertiary/aromatic N) is 1. The van der Waals surface area contributed by atoms with Crippen molar-refractivity contribution in [2.24, 2.45) is 5.92 Å². The van der Waals surface area contributed by atoms with Crippen molar-refractivity contribution >= 4 is 28.3 Å². The largest absolute Gasteiger partial charge is 0.380 e. The average molecular weight is 312 g/mol. The van der Waals surface area contributed by atoms with Gasteiger partial charge in [0.15, 0.2) is 0 Å². The maximum atomic E-state index is 8.99. The molecule has 1 aliphatic carbocycles. The molecule has 2 atom stereocenters. The molecular weight excluding hydrogens is 299 g/mol. The second-order valence-corrected chi connectivity index (χ2v) is 5.06. The van der Waals surface area contributed by atoms with Gasteiger partial charge in [0.25, 0.3) is 0 Å². The van der Waals surface area contributed by atoms with Gasteiger partial charge < -0.3 is 5.32 Å². The molecule has 3 heteroatoms. The van der Waals surface area contributed by atoms with Crippen LogP contribution in [0.1, 0.15) is 19.3 Å². The Balaban J connectivity index is 2.09. The first kappa shape index (κ1) is 10.7. The molecule has 0 radical (unpaired) electrons. The molecule has 0 aromatic heterocycles. The molecule has 15 heavy (non-hydrogen) atoms. The van der Waals surface area contributed by atoms with Crippen molar-refractivity contribution < 1.29 is 0 Å². The number of hydrogen-bond donors (Lipinski definition) is 1. The molecular formula is C12H13IN2. The van der Waals surface area contributed by atoms with Crippen molar-refractivity contribution in [2.45, 2.75) is 25.3 Å². The van der Waals surface area contributed by atoms with E-state index >= 15 is 0 Å². The van der Waals surface area contributed by atoms with E-state index < -0.39 is 0 Å². The third kappa shape index (κ3) is 2.43. The summed E-state index contributed by atoms with van der Waals surface area (Å²) in [6, 6.07) is 10.9. The summed E-state index contributed by atoms with van der Waals surface area (Å²) in [5.74, 6) is 0.181. The Morgan fingerprint density at radius 3 is 2.87 bits per heavy atom. The molecule has 1 N–H and O–H groups in total. The lowest BCUT2D eigenvalue weighted by molar-refractivity contribution is 0.629. The van der Waals surface area contributed by atoms with Crippen molar-refractivity contribution in [2.75, 3.05) is 5.32 Å². The Morgan fingerprint density at radius 1 is 1.33 bits per heavy atom. The highest BCUT2D eigenvalue weighted by atomic mass is 127. The van der Waals surface area contributed by atoms with Crippen molar-refractivity contribution in [1.29, 1.82) is 5.26 Å². The van der Waals surface area contributed by atoms with E-state index in [1.54, 1.807) is 0 Å². The molecule has 0 aliphatic heterocycles. The SMILES string of the molecule is N#CC1CCCC1Nc1ccccc1I. The predicted molar refractivity (Wildman–Crippen MR) is 69.5 cm³/mol. The van der Waals surface area contributed by atoms with Gasteiger partial charge in [-0.1, -0.05) is 12.1 Å². The fourth-order valence-corrected chi connectivity index (χ4v) is 2.61. The number of halogens is 1. The van der Waals surface area contributed by atoms with Gasteiger partial charge in [-0.2, -0.15) is 5.26 Å². The number of benzene rings is 1. The standard InChI is InChI=1S/C12H13IN2/c13-10-5-1-2-6-12(10)15-11-7-3-4-9(11)8-14/h1-2,5-6,9,11,15H,3-4,7H2. The minimum atomic E-state index is 0.181. The summed E-state index contributed by atoms with van der Waals surface area (Å²) in [4.78, 5) is 0. The molecule has 0 heterocycles. The van der Waals surface area contributed by atoms with Crippen molar-refractivity contribution in [3.05, 3.63) is 27.8 Å². The predicted octanol–water partition coefficient (Wildman–Crippen LogP) is 3.40. The molecule has 1 fully saturated rings. The van der Waals surface area contributed by atoms with Gasteiger partial charge in [0.1, 0.15) is 0 Å². The summed E-state index contributed by atoms with van der Waals surface area (Å²) < 4.78 is 1.22. The fourth-order valence-electron chi connectivity index (χ4n) is 2.07. The van der Waals surface area contributed by atoms with E-state index in [4.69, 9.17) is 5.26 Å². The summed E-state index contributed by atoms with van der Waals surface area (Å²) in [7, 11) is 0. The maximum absolute atomic E-state index is 8.99. The molecule has 0 amide bonds. The van der Waals surface area contributed by atoms with Crippen LogP contribution in [-0.2, 0) is 0 Å². The summed E-state index contributed by atoms with van der Waals surface area (Å²) in [6.45, 7) is 0. The van der Waals surface area contributed by atoms with Gasteiger partial charge in [-0.3, -0.25) is 0 Å². The molecule has 1 saturated carbocycles. The Bertz CT molecular complexity index is 383. The van der Waals surface area contributed by atoms with Crippen LogP contribution >= 0.6 is 22.6 Å². The lowest BCUT2D eigenvalue weighted by Gasteiger charge is -2.17. The second-order valence-electron chi connectivity index (χ2n) is 3.90. The Kier molecular flexibility index (Phi) is 3.47. The summed E-state index contributed by atoms with van der Waals surface area (Å²) in [5, 5.41) is 12.5. The molecule has 2 unspecified atom stereocenters. The third-order valence-corrected chi connectivity index (χ3v) is 3.84. The maximum Gasteiger partial charge on any atom is 0.0677 e. The minimum absolute atomic E-state index is 0.181. The molecule has 78 valence electrons. The molecule has 1 aromatic rings. The topological polar surface area (TPSA) is 35.8 Å². The monoisotopic (exact) mass is 312 g/mol. The molecule has 0 bridgehead atoms. The quantitative estimate of drug-likeness (QED) is 0.850. The van der Waals surface area contributed by atoms with Crippen LogP contribution < -0.4 is 5.32 Å². The van der Waals surface area contributed by atoms with Crippen LogP contribution in [0.5, 0.6) is 0 Å². The number of nitriles is 1. The number of nitrogens with one attached hydrogen (secondary N) is 1. The number of hydrogen-bond acceptors (Lipinski definition) is 2. The van der Waals surface area contributed by atoms with E-state index in [0.29, 0.717) is 6.04 Å². The first-order valence-electron chi connectivity index (χ1n) is 5.22. The summed E-state index contributed by atoms with van der Waals surface area (Å²) in [5.41, 5.74) is 1.16. The molecule has 2 rings (SSSR count). The third-order valence-electron chi connectivity index (χ3n) is 2.90. The Hall–Kier alpha value is -0.760. The number of para-hydroxylation sites is 1. The van der Waals surface area contributed by atoms with Crippen LogP contribution in [0.3, 0.4) is 0 Å². The van der Waals surface area contributed by atoms with Crippen LogP contribution in [0.2, 0.25) is 0 Å². The van der Waals surface area contributed by atoms with Gasteiger partial charge in [0, 0.05) is 15.3 Å². The van der Waals surface area contributed by atoms with E-state index in [-0.39, 0.29) is 5.92 Å². The molecule has 0 saturated heterocycles. The second kappa shape index (κ2) is 4.84. The van der Waals surface area contributed by atoms with Crippen LogP contribution in [0.4, 0.5) is 5.69 Å². The van der Waals surface area contributed by atoms with Gasteiger partial charge in [0.2, 0.25) is 0 Å². The highest BCUT2D eigenvalue weighted by Crippen LogP contribution is 2.29. The first-order valence-corrected chi connectivity index (χ1v) is 6.30.